The lowest BCUT2D eigenvalue weighted by Crippen LogP contribution is -2.72. The van der Waals surface area contributed by atoms with Crippen molar-refractivity contribution in [2.24, 2.45) is 5.41 Å². The van der Waals surface area contributed by atoms with Crippen molar-refractivity contribution < 1.29 is 14.4 Å². The van der Waals surface area contributed by atoms with Gasteiger partial charge in [-0.25, -0.2) is 9.78 Å². The van der Waals surface area contributed by atoms with Crippen LogP contribution in [0.5, 0.6) is 0 Å². The second-order valence-electron chi connectivity index (χ2n) is 9.03. The summed E-state index contributed by atoms with van der Waals surface area (Å²) in [7, 11) is 0. The van der Waals surface area contributed by atoms with Crippen molar-refractivity contribution in [3.05, 3.63) is 39.8 Å². The number of hydrogen-bond donors (Lipinski definition) is 1. The highest BCUT2D eigenvalue weighted by Gasteiger charge is 2.62. The first-order valence-corrected chi connectivity index (χ1v) is 11.3. The van der Waals surface area contributed by atoms with Crippen LogP contribution in [0.25, 0.3) is 5.65 Å². The van der Waals surface area contributed by atoms with Gasteiger partial charge >= 0.3 is 6.03 Å². The molecule has 2 unspecified atom stereocenters. The highest BCUT2D eigenvalue weighted by Crippen LogP contribution is 2.45. The summed E-state index contributed by atoms with van der Waals surface area (Å²) in [5.74, 6) is -0.526. The summed E-state index contributed by atoms with van der Waals surface area (Å²) in [6.45, 7) is 4.62. The van der Waals surface area contributed by atoms with Gasteiger partial charge in [-0.05, 0) is 37.8 Å². The first-order chi connectivity index (χ1) is 15.4. The second-order valence-corrected chi connectivity index (χ2v) is 9.03. The molecule has 2 aromatic rings. The lowest BCUT2D eigenvalue weighted by atomic mass is 9.68. The van der Waals surface area contributed by atoms with Gasteiger partial charge in [0.25, 0.3) is 5.56 Å². The Morgan fingerprint density at radius 3 is 2.78 bits per heavy atom. The number of imide groups is 2. The first kappa shape index (κ1) is 20.7. The van der Waals surface area contributed by atoms with E-state index in [9.17, 15) is 19.2 Å². The van der Waals surface area contributed by atoms with E-state index in [1.807, 2.05) is 24.8 Å². The number of aryl methyl sites for hydroxylation is 1. The summed E-state index contributed by atoms with van der Waals surface area (Å²) < 4.78 is 1.49. The van der Waals surface area contributed by atoms with Gasteiger partial charge in [0.1, 0.15) is 11.5 Å². The van der Waals surface area contributed by atoms with Crippen LogP contribution >= 0.6 is 0 Å². The molecule has 32 heavy (non-hydrogen) atoms. The molecule has 0 bridgehead atoms. The van der Waals surface area contributed by atoms with Gasteiger partial charge in [-0.1, -0.05) is 25.8 Å². The molecule has 2 fully saturated rings. The molecular weight excluding hydrogens is 410 g/mol. The molecule has 0 aliphatic carbocycles. The van der Waals surface area contributed by atoms with Gasteiger partial charge < -0.3 is 4.90 Å². The van der Waals surface area contributed by atoms with Crippen LogP contribution in [0.15, 0.2) is 23.1 Å². The number of nitrogens with zero attached hydrogens (tertiary/aromatic N) is 4. The fourth-order valence-electron chi connectivity index (χ4n) is 5.57. The Labute approximate surface area is 185 Å². The minimum absolute atomic E-state index is 0.0512. The van der Waals surface area contributed by atoms with Crippen molar-refractivity contribution in [3.8, 4) is 0 Å². The minimum atomic E-state index is -1.51. The molecular formula is C23H27N5O4. The number of fused-ring (bicyclic) bond motifs is 5. The fourth-order valence-corrected chi connectivity index (χ4v) is 5.57. The number of rotatable bonds is 2. The van der Waals surface area contributed by atoms with Crippen LogP contribution in [0.1, 0.15) is 50.2 Å². The van der Waals surface area contributed by atoms with E-state index in [0.717, 1.165) is 29.7 Å². The number of pyridine rings is 1. The van der Waals surface area contributed by atoms with Crippen LogP contribution in [-0.4, -0.2) is 51.3 Å². The van der Waals surface area contributed by atoms with Gasteiger partial charge in [0.15, 0.2) is 5.41 Å². The van der Waals surface area contributed by atoms with E-state index in [0.29, 0.717) is 36.4 Å². The number of anilines is 1. The topological polar surface area (TPSA) is 104 Å². The van der Waals surface area contributed by atoms with Crippen molar-refractivity contribution in [1.29, 1.82) is 0 Å². The van der Waals surface area contributed by atoms with Crippen molar-refractivity contribution in [1.82, 2.24) is 19.6 Å². The molecule has 1 N–H and O–H groups in total. The Balaban J connectivity index is 1.77. The Morgan fingerprint density at radius 2 is 2.00 bits per heavy atom. The fraction of sp³-hybridized carbons (Fsp3) is 0.522. The SMILES string of the molecule is CCCN1C(=O)NC(=O)C2(Cc3c(nc4c(C)cccn4c3=O)N3CCCCCC32)C1=O. The normalized spacial score (nSPS) is 25.6. The lowest BCUT2D eigenvalue weighted by molar-refractivity contribution is -0.153. The van der Waals surface area contributed by atoms with E-state index in [4.69, 9.17) is 4.98 Å². The van der Waals surface area contributed by atoms with Crippen molar-refractivity contribution in [3.63, 3.8) is 0 Å². The van der Waals surface area contributed by atoms with E-state index < -0.39 is 29.3 Å². The standard InChI is InChI=1S/C23H27N5O4/c1-3-10-28-21(31)23(20(30)25-22(28)32)13-15-18(26-11-6-4-5-9-16(23)26)24-17-14(2)8-7-12-27(17)19(15)29/h7-8,12,16H,3-6,9-11,13H2,1-2H3,(H,25,30,32). The molecule has 1 spiro atoms. The zero-order valence-electron chi connectivity index (χ0n) is 18.4. The number of carbonyl (C=O) groups is 3. The summed E-state index contributed by atoms with van der Waals surface area (Å²) in [6, 6.07) is 2.56. The Hall–Kier alpha value is -3.23. The number of hydrogen-bond acceptors (Lipinski definition) is 6. The molecule has 9 heteroatoms. The van der Waals surface area contributed by atoms with Gasteiger partial charge in [0.2, 0.25) is 11.8 Å². The first-order valence-electron chi connectivity index (χ1n) is 11.3. The molecule has 9 nitrogen and oxygen atoms in total. The van der Waals surface area contributed by atoms with Gasteiger partial charge in [0.05, 0.1) is 11.6 Å². The third-order valence-corrected chi connectivity index (χ3v) is 7.12. The van der Waals surface area contributed by atoms with E-state index in [-0.39, 0.29) is 18.5 Å². The maximum absolute atomic E-state index is 13.8. The van der Waals surface area contributed by atoms with Crippen LogP contribution < -0.4 is 15.8 Å². The minimum Gasteiger partial charge on any atom is -0.352 e. The highest BCUT2D eigenvalue weighted by molar-refractivity contribution is 6.20. The average Bonchev–Trinajstić information content (AvgIpc) is 3.03. The number of urea groups is 1. The van der Waals surface area contributed by atoms with E-state index in [1.165, 1.54) is 4.40 Å². The maximum atomic E-state index is 13.8. The Bertz CT molecular complexity index is 1200. The van der Waals surface area contributed by atoms with Gasteiger partial charge in [-0.3, -0.25) is 29.0 Å². The van der Waals surface area contributed by atoms with Gasteiger partial charge in [-0.15, -0.1) is 0 Å². The molecule has 0 aromatic carbocycles. The third-order valence-electron chi connectivity index (χ3n) is 7.12. The second kappa shape index (κ2) is 7.43. The van der Waals surface area contributed by atoms with Crippen LogP contribution in [0.3, 0.4) is 0 Å². The molecule has 3 aliphatic rings. The van der Waals surface area contributed by atoms with Crippen LogP contribution in [0.2, 0.25) is 0 Å². The number of nitrogens with one attached hydrogen (secondary N) is 1. The van der Waals surface area contributed by atoms with Crippen molar-refractivity contribution in [2.75, 3.05) is 18.0 Å². The van der Waals surface area contributed by atoms with Crippen LogP contribution in [-0.2, 0) is 16.0 Å². The third kappa shape index (κ3) is 2.73. The van der Waals surface area contributed by atoms with Crippen LogP contribution in [0.4, 0.5) is 10.6 Å². The molecule has 5 rings (SSSR count). The predicted molar refractivity (Wildman–Crippen MR) is 117 cm³/mol. The molecule has 3 aliphatic heterocycles. The summed E-state index contributed by atoms with van der Waals surface area (Å²) >= 11 is 0. The van der Waals surface area contributed by atoms with E-state index in [2.05, 4.69) is 5.32 Å². The molecule has 2 atom stereocenters. The largest absolute Gasteiger partial charge is 0.352 e. The van der Waals surface area contributed by atoms with E-state index >= 15 is 0 Å². The average molecular weight is 438 g/mol. The summed E-state index contributed by atoms with van der Waals surface area (Å²) in [5.41, 5.74) is 0.0396. The predicted octanol–water partition coefficient (Wildman–Crippen LogP) is 1.78. The zero-order valence-corrected chi connectivity index (χ0v) is 18.4. The molecule has 5 heterocycles. The number of aromatic nitrogens is 2. The molecule has 168 valence electrons. The molecule has 4 amide bonds. The highest BCUT2D eigenvalue weighted by atomic mass is 16.2. The molecule has 2 aromatic heterocycles. The smallest absolute Gasteiger partial charge is 0.330 e. The lowest BCUT2D eigenvalue weighted by Gasteiger charge is -2.50. The summed E-state index contributed by atoms with van der Waals surface area (Å²) in [5, 5.41) is 2.43. The molecule has 0 saturated carbocycles. The number of barbiturate groups is 1. The number of amides is 4. The Morgan fingerprint density at radius 1 is 1.19 bits per heavy atom. The Kier molecular flexibility index (Phi) is 4.79. The van der Waals surface area contributed by atoms with Gasteiger partial charge in [-0.2, -0.15) is 0 Å². The molecule has 0 radical (unpaired) electrons. The van der Waals surface area contributed by atoms with Crippen molar-refractivity contribution in [2.45, 2.75) is 58.4 Å². The zero-order chi connectivity index (χ0) is 22.6. The molecule has 2 saturated heterocycles. The quantitative estimate of drug-likeness (QED) is 0.719. The van der Waals surface area contributed by atoms with Crippen molar-refractivity contribution >= 4 is 29.3 Å². The maximum Gasteiger partial charge on any atom is 0.330 e. The number of carbonyl (C=O) groups excluding carboxylic acids is 3. The summed E-state index contributed by atoms with van der Waals surface area (Å²) in [4.78, 5) is 61.3. The summed E-state index contributed by atoms with van der Waals surface area (Å²) in [6.07, 6.45) is 5.54. The van der Waals surface area contributed by atoms with E-state index in [1.54, 1.807) is 12.3 Å². The van der Waals surface area contributed by atoms with Crippen LogP contribution in [0, 0.1) is 12.3 Å². The van der Waals surface area contributed by atoms with Gasteiger partial charge in [0, 0.05) is 25.7 Å². The monoisotopic (exact) mass is 437 g/mol.